The van der Waals surface area contributed by atoms with Gasteiger partial charge in [0, 0.05) is 6.54 Å². The predicted octanol–water partition coefficient (Wildman–Crippen LogP) is 0.784. The first kappa shape index (κ1) is 11.2. The molecule has 0 spiro atoms. The van der Waals surface area contributed by atoms with Crippen molar-refractivity contribution in [3.63, 3.8) is 0 Å². The molecule has 1 amide bonds. The molecule has 1 aromatic carbocycles. The van der Waals surface area contributed by atoms with Crippen LogP contribution in [0, 0.1) is 6.92 Å². The molecule has 80 valence electrons. The van der Waals surface area contributed by atoms with Crippen molar-refractivity contribution in [2.24, 2.45) is 0 Å². The van der Waals surface area contributed by atoms with E-state index in [-0.39, 0.29) is 0 Å². The van der Waals surface area contributed by atoms with Gasteiger partial charge in [-0.05, 0) is 18.1 Å². The molecule has 0 bridgehead atoms. The van der Waals surface area contributed by atoms with Gasteiger partial charge in [-0.2, -0.15) is 0 Å². The highest BCUT2D eigenvalue weighted by molar-refractivity contribution is 6.32. The molecule has 0 aliphatic rings. The maximum absolute atomic E-state index is 11.1. The van der Waals surface area contributed by atoms with Crippen LogP contribution in [0.3, 0.4) is 0 Å². The average Bonchev–Trinajstić information content (AvgIpc) is 2.26. The summed E-state index contributed by atoms with van der Waals surface area (Å²) in [5.74, 6) is -1.59. The van der Waals surface area contributed by atoms with Crippen molar-refractivity contribution in [3.8, 4) is 0 Å². The minimum absolute atomic E-state index is 0.334. The van der Waals surface area contributed by atoms with Crippen LogP contribution < -0.4 is 5.32 Å². The number of carbonyl (C=O) groups excluding carboxylic acids is 2. The van der Waals surface area contributed by atoms with E-state index in [0.717, 1.165) is 11.1 Å². The van der Waals surface area contributed by atoms with Crippen LogP contribution in [-0.4, -0.2) is 19.0 Å². The van der Waals surface area contributed by atoms with E-state index in [0.29, 0.717) is 6.54 Å². The fraction of sp³-hybridized carbons (Fsp3) is 0.273. The molecule has 1 aromatic rings. The topological polar surface area (TPSA) is 55.4 Å². The minimum atomic E-state index is -0.872. The lowest BCUT2D eigenvalue weighted by molar-refractivity contribution is -0.152. The Morgan fingerprint density at radius 2 is 2.00 bits per heavy atom. The molecule has 0 fully saturated rings. The first-order chi connectivity index (χ1) is 7.15. The molecule has 15 heavy (non-hydrogen) atoms. The minimum Gasteiger partial charge on any atom is -0.462 e. The van der Waals surface area contributed by atoms with E-state index in [1.807, 2.05) is 31.2 Å². The Labute approximate surface area is 88.2 Å². The van der Waals surface area contributed by atoms with Crippen LogP contribution in [0.15, 0.2) is 24.3 Å². The lowest BCUT2D eigenvalue weighted by atomic mass is 10.1. The molecule has 0 unspecified atom stereocenters. The summed E-state index contributed by atoms with van der Waals surface area (Å²) < 4.78 is 4.28. The van der Waals surface area contributed by atoms with Crippen LogP contribution in [0.25, 0.3) is 0 Å². The number of aryl methyl sites for hydroxylation is 1. The third kappa shape index (κ3) is 3.09. The Kier molecular flexibility index (Phi) is 3.85. The van der Waals surface area contributed by atoms with E-state index in [2.05, 4.69) is 10.1 Å². The van der Waals surface area contributed by atoms with Gasteiger partial charge < -0.3 is 10.1 Å². The number of amides is 1. The second kappa shape index (κ2) is 5.14. The van der Waals surface area contributed by atoms with Crippen molar-refractivity contribution in [1.29, 1.82) is 0 Å². The van der Waals surface area contributed by atoms with Crippen molar-refractivity contribution in [3.05, 3.63) is 35.4 Å². The van der Waals surface area contributed by atoms with Gasteiger partial charge in [0.15, 0.2) is 0 Å². The monoisotopic (exact) mass is 207 g/mol. The molecule has 0 radical (unpaired) electrons. The first-order valence-corrected chi connectivity index (χ1v) is 4.56. The number of nitrogens with one attached hydrogen (secondary N) is 1. The van der Waals surface area contributed by atoms with E-state index in [9.17, 15) is 9.59 Å². The van der Waals surface area contributed by atoms with Gasteiger partial charge in [-0.25, -0.2) is 4.79 Å². The second-order valence-corrected chi connectivity index (χ2v) is 3.10. The summed E-state index contributed by atoms with van der Waals surface area (Å²) in [6, 6.07) is 7.64. The first-order valence-electron chi connectivity index (χ1n) is 4.56. The number of ether oxygens (including phenoxy) is 1. The molecular formula is C11H13NO3. The van der Waals surface area contributed by atoms with Crippen LogP contribution in [0.4, 0.5) is 0 Å². The van der Waals surface area contributed by atoms with Crippen molar-refractivity contribution in [2.75, 3.05) is 7.11 Å². The summed E-state index contributed by atoms with van der Waals surface area (Å²) in [6.07, 6.45) is 0. The van der Waals surface area contributed by atoms with Crippen molar-refractivity contribution in [1.82, 2.24) is 5.32 Å². The van der Waals surface area contributed by atoms with Crippen LogP contribution in [-0.2, 0) is 20.9 Å². The lowest BCUT2D eigenvalue weighted by Crippen LogP contribution is -2.31. The zero-order valence-electron chi connectivity index (χ0n) is 8.74. The Morgan fingerprint density at radius 1 is 1.33 bits per heavy atom. The van der Waals surface area contributed by atoms with Gasteiger partial charge in [0.25, 0.3) is 0 Å². The molecule has 0 aromatic heterocycles. The molecule has 0 atom stereocenters. The second-order valence-electron chi connectivity index (χ2n) is 3.10. The van der Waals surface area contributed by atoms with Gasteiger partial charge in [-0.1, -0.05) is 24.3 Å². The molecule has 1 rings (SSSR count). The quantitative estimate of drug-likeness (QED) is 0.576. The lowest BCUT2D eigenvalue weighted by Gasteiger charge is -2.06. The Hall–Kier alpha value is -1.84. The van der Waals surface area contributed by atoms with Gasteiger partial charge >= 0.3 is 11.9 Å². The Morgan fingerprint density at radius 3 is 2.60 bits per heavy atom. The summed E-state index contributed by atoms with van der Waals surface area (Å²) in [4.78, 5) is 21.9. The summed E-state index contributed by atoms with van der Waals surface area (Å²) in [5.41, 5.74) is 2.05. The number of esters is 1. The SMILES string of the molecule is COC(=O)C(=O)NCc1ccccc1C. The van der Waals surface area contributed by atoms with Crippen LogP contribution in [0.5, 0.6) is 0 Å². The highest BCUT2D eigenvalue weighted by Gasteiger charge is 2.12. The van der Waals surface area contributed by atoms with Crippen LogP contribution in [0.1, 0.15) is 11.1 Å². The summed E-state index contributed by atoms with van der Waals surface area (Å²) in [5, 5.41) is 2.48. The van der Waals surface area contributed by atoms with Crippen molar-refractivity contribution >= 4 is 11.9 Å². The van der Waals surface area contributed by atoms with Crippen LogP contribution in [0.2, 0.25) is 0 Å². The number of benzene rings is 1. The maximum Gasteiger partial charge on any atom is 0.396 e. The largest absolute Gasteiger partial charge is 0.462 e. The summed E-state index contributed by atoms with van der Waals surface area (Å²) in [6.45, 7) is 2.28. The van der Waals surface area contributed by atoms with Gasteiger partial charge in [-0.3, -0.25) is 4.79 Å². The Bertz CT molecular complexity index is 374. The van der Waals surface area contributed by atoms with Gasteiger partial charge in [-0.15, -0.1) is 0 Å². The van der Waals surface area contributed by atoms with E-state index < -0.39 is 11.9 Å². The number of rotatable bonds is 2. The summed E-state index contributed by atoms with van der Waals surface area (Å²) >= 11 is 0. The van der Waals surface area contributed by atoms with E-state index in [1.165, 1.54) is 7.11 Å². The normalized spacial score (nSPS) is 9.47. The Balaban J connectivity index is 2.54. The molecule has 0 saturated carbocycles. The molecule has 0 heterocycles. The average molecular weight is 207 g/mol. The number of hydrogen-bond donors (Lipinski definition) is 1. The van der Waals surface area contributed by atoms with Crippen LogP contribution >= 0.6 is 0 Å². The number of hydrogen-bond acceptors (Lipinski definition) is 3. The van der Waals surface area contributed by atoms with Gasteiger partial charge in [0.05, 0.1) is 7.11 Å². The van der Waals surface area contributed by atoms with E-state index >= 15 is 0 Å². The fourth-order valence-electron chi connectivity index (χ4n) is 1.15. The van der Waals surface area contributed by atoms with Gasteiger partial charge in [0.2, 0.25) is 0 Å². The highest BCUT2D eigenvalue weighted by Crippen LogP contribution is 2.05. The van der Waals surface area contributed by atoms with Crippen molar-refractivity contribution in [2.45, 2.75) is 13.5 Å². The molecule has 0 aliphatic heterocycles. The molecular weight excluding hydrogens is 194 g/mol. The fourth-order valence-corrected chi connectivity index (χ4v) is 1.15. The van der Waals surface area contributed by atoms with Crippen molar-refractivity contribution < 1.29 is 14.3 Å². The number of methoxy groups -OCH3 is 1. The highest BCUT2D eigenvalue weighted by atomic mass is 16.5. The maximum atomic E-state index is 11.1. The molecule has 0 aliphatic carbocycles. The molecule has 4 heteroatoms. The molecule has 4 nitrogen and oxygen atoms in total. The third-order valence-electron chi connectivity index (χ3n) is 2.07. The molecule has 0 saturated heterocycles. The standard InChI is InChI=1S/C11H13NO3/c1-8-5-3-4-6-9(8)7-12-10(13)11(14)15-2/h3-6H,7H2,1-2H3,(H,12,13). The smallest absolute Gasteiger partial charge is 0.396 e. The zero-order valence-corrected chi connectivity index (χ0v) is 8.74. The summed E-state index contributed by atoms with van der Waals surface area (Å²) in [7, 11) is 1.18. The van der Waals surface area contributed by atoms with E-state index in [1.54, 1.807) is 0 Å². The van der Waals surface area contributed by atoms with Gasteiger partial charge in [0.1, 0.15) is 0 Å². The number of carbonyl (C=O) groups is 2. The third-order valence-corrected chi connectivity index (χ3v) is 2.07. The zero-order chi connectivity index (χ0) is 11.3. The molecule has 1 N–H and O–H groups in total. The predicted molar refractivity (Wildman–Crippen MR) is 55.0 cm³/mol. The van der Waals surface area contributed by atoms with E-state index in [4.69, 9.17) is 0 Å².